The molecule has 0 unspecified atom stereocenters. The van der Waals surface area contributed by atoms with E-state index in [0.29, 0.717) is 32.8 Å². The number of rotatable bonds is 8. The van der Waals surface area contributed by atoms with E-state index in [1.54, 1.807) is 42.5 Å². The molecule has 0 radical (unpaired) electrons. The monoisotopic (exact) mass is 442 g/mol. The minimum absolute atomic E-state index is 0.152. The van der Waals surface area contributed by atoms with Gasteiger partial charge in [-0.2, -0.15) is 0 Å². The van der Waals surface area contributed by atoms with Gasteiger partial charge in [-0.25, -0.2) is 0 Å². The Morgan fingerprint density at radius 2 is 1.82 bits per heavy atom. The first-order valence-electron chi connectivity index (χ1n) is 8.69. The van der Waals surface area contributed by atoms with Crippen molar-refractivity contribution < 1.29 is 14.3 Å². The molecule has 2 aromatic carbocycles. The number of likely N-dealkylation sites (N-methyl/N-ethyl adjacent to an activating group) is 1. The van der Waals surface area contributed by atoms with Crippen LogP contribution in [0.5, 0.6) is 5.75 Å². The van der Waals surface area contributed by atoms with Gasteiger partial charge in [0.25, 0.3) is 5.91 Å². The van der Waals surface area contributed by atoms with Crippen LogP contribution in [0.1, 0.15) is 18.9 Å². The molecular weight excluding hydrogens is 423 g/mol. The average Bonchev–Trinajstić information content (AvgIpc) is 2.67. The van der Waals surface area contributed by atoms with Crippen molar-refractivity contribution in [3.8, 4) is 5.75 Å². The average molecular weight is 444 g/mol. The Bertz CT molecular complexity index is 845. The topological polar surface area (TPSA) is 58.6 Å². The van der Waals surface area contributed by atoms with Crippen molar-refractivity contribution in [2.45, 2.75) is 25.9 Å². The van der Waals surface area contributed by atoms with Gasteiger partial charge in [-0.15, -0.1) is 0 Å². The number of benzene rings is 2. The van der Waals surface area contributed by atoms with Crippen molar-refractivity contribution in [3.63, 3.8) is 0 Å². The summed E-state index contributed by atoms with van der Waals surface area (Å²) in [6.45, 7) is 1.75. The lowest BCUT2D eigenvalue weighted by Crippen LogP contribution is -2.49. The van der Waals surface area contributed by atoms with E-state index in [9.17, 15) is 9.59 Å². The normalized spacial score (nSPS) is 11.6. The summed E-state index contributed by atoms with van der Waals surface area (Å²) in [5, 5.41) is 4.02. The van der Waals surface area contributed by atoms with Gasteiger partial charge in [0.15, 0.2) is 6.61 Å². The third-order valence-electron chi connectivity index (χ3n) is 4.15. The fraction of sp³-hybridized carbons (Fsp3) is 0.300. The van der Waals surface area contributed by atoms with Crippen molar-refractivity contribution in [2.75, 3.05) is 13.7 Å². The predicted molar refractivity (Wildman–Crippen MR) is 112 cm³/mol. The van der Waals surface area contributed by atoms with Crippen LogP contribution in [0, 0.1) is 0 Å². The number of nitrogens with zero attached hydrogens (tertiary/aromatic N) is 1. The van der Waals surface area contributed by atoms with Gasteiger partial charge in [0.2, 0.25) is 5.91 Å². The number of hydrogen-bond donors (Lipinski definition) is 1. The molecule has 0 bridgehead atoms. The summed E-state index contributed by atoms with van der Waals surface area (Å²) >= 11 is 18.2. The highest BCUT2D eigenvalue weighted by Crippen LogP contribution is 2.24. The third kappa shape index (κ3) is 6.03. The van der Waals surface area contributed by atoms with Crippen molar-refractivity contribution in [1.29, 1.82) is 0 Å². The van der Waals surface area contributed by atoms with Gasteiger partial charge in [0.05, 0.1) is 0 Å². The van der Waals surface area contributed by atoms with Gasteiger partial charge >= 0.3 is 0 Å². The van der Waals surface area contributed by atoms with Gasteiger partial charge in [0, 0.05) is 28.7 Å². The molecule has 0 saturated heterocycles. The maximum atomic E-state index is 12.9. The molecule has 0 aliphatic rings. The summed E-state index contributed by atoms with van der Waals surface area (Å²) in [6.07, 6.45) is 0.438. The fourth-order valence-corrected chi connectivity index (χ4v) is 3.35. The van der Waals surface area contributed by atoms with Crippen LogP contribution in [0.4, 0.5) is 0 Å². The molecule has 0 saturated carbocycles. The maximum Gasteiger partial charge on any atom is 0.261 e. The molecule has 0 fully saturated rings. The van der Waals surface area contributed by atoms with E-state index in [1.165, 1.54) is 11.9 Å². The minimum atomic E-state index is -0.660. The Morgan fingerprint density at radius 1 is 1.11 bits per heavy atom. The Labute approximate surface area is 179 Å². The van der Waals surface area contributed by atoms with Gasteiger partial charge in [-0.3, -0.25) is 9.59 Å². The zero-order valence-corrected chi connectivity index (χ0v) is 17.8. The second kappa shape index (κ2) is 10.6. The van der Waals surface area contributed by atoms with E-state index in [2.05, 4.69) is 5.32 Å². The number of carbonyl (C=O) groups excluding carboxylic acids is 2. The standard InChI is InChI=1S/C20H21Cl3N2O3/c1-3-18(20(27)24-2)25(11-13-7-8-15(22)10-17(13)23)19(26)12-28-16-6-4-5-14(21)9-16/h4-10,18H,3,11-12H2,1-2H3,(H,24,27)/t18-/m1/s1. The van der Waals surface area contributed by atoms with E-state index in [4.69, 9.17) is 39.5 Å². The Balaban J connectivity index is 2.23. The number of carbonyl (C=O) groups is 2. The molecule has 150 valence electrons. The molecule has 0 aliphatic carbocycles. The minimum Gasteiger partial charge on any atom is -0.484 e. The fourth-order valence-electron chi connectivity index (χ4n) is 2.70. The first-order chi connectivity index (χ1) is 13.3. The van der Waals surface area contributed by atoms with Crippen molar-refractivity contribution >= 4 is 46.6 Å². The van der Waals surface area contributed by atoms with E-state index in [-0.39, 0.29) is 25.0 Å². The summed E-state index contributed by atoms with van der Waals surface area (Å²) < 4.78 is 5.56. The summed E-state index contributed by atoms with van der Waals surface area (Å²) in [5.74, 6) is -0.136. The Hall–Kier alpha value is -1.95. The molecular formula is C20H21Cl3N2O3. The maximum absolute atomic E-state index is 12.9. The van der Waals surface area contributed by atoms with E-state index in [1.807, 2.05) is 6.92 Å². The quantitative estimate of drug-likeness (QED) is 0.650. The molecule has 0 spiro atoms. The predicted octanol–water partition coefficient (Wildman–Crippen LogP) is 4.58. The van der Waals surface area contributed by atoms with Crippen LogP contribution >= 0.6 is 34.8 Å². The first-order valence-corrected chi connectivity index (χ1v) is 9.82. The lowest BCUT2D eigenvalue weighted by atomic mass is 10.1. The Kier molecular flexibility index (Phi) is 8.42. The van der Waals surface area contributed by atoms with Crippen LogP contribution in [0.15, 0.2) is 42.5 Å². The van der Waals surface area contributed by atoms with E-state index < -0.39 is 6.04 Å². The molecule has 5 nitrogen and oxygen atoms in total. The lowest BCUT2D eigenvalue weighted by Gasteiger charge is -2.30. The van der Waals surface area contributed by atoms with Gasteiger partial charge in [-0.05, 0) is 42.3 Å². The van der Waals surface area contributed by atoms with Gasteiger partial charge in [0.1, 0.15) is 11.8 Å². The number of nitrogens with one attached hydrogen (secondary N) is 1. The summed E-state index contributed by atoms with van der Waals surface area (Å²) in [4.78, 5) is 26.7. The molecule has 2 rings (SSSR count). The highest BCUT2D eigenvalue weighted by atomic mass is 35.5. The zero-order valence-electron chi connectivity index (χ0n) is 15.5. The second-order valence-electron chi connectivity index (χ2n) is 6.04. The largest absolute Gasteiger partial charge is 0.484 e. The highest BCUT2D eigenvalue weighted by Gasteiger charge is 2.28. The molecule has 0 heterocycles. The number of hydrogen-bond acceptors (Lipinski definition) is 3. The summed E-state index contributed by atoms with van der Waals surface area (Å²) in [6, 6.07) is 11.1. The number of amides is 2. The Morgan fingerprint density at radius 3 is 2.43 bits per heavy atom. The van der Waals surface area contributed by atoms with Crippen molar-refractivity contribution in [1.82, 2.24) is 10.2 Å². The van der Waals surface area contributed by atoms with E-state index >= 15 is 0 Å². The van der Waals surface area contributed by atoms with Crippen LogP contribution in [-0.2, 0) is 16.1 Å². The zero-order chi connectivity index (χ0) is 20.7. The van der Waals surface area contributed by atoms with Crippen LogP contribution < -0.4 is 10.1 Å². The van der Waals surface area contributed by atoms with Crippen LogP contribution in [0.25, 0.3) is 0 Å². The molecule has 2 amide bonds. The third-order valence-corrected chi connectivity index (χ3v) is 4.97. The van der Waals surface area contributed by atoms with Crippen LogP contribution in [0.2, 0.25) is 15.1 Å². The van der Waals surface area contributed by atoms with Crippen molar-refractivity contribution in [2.24, 2.45) is 0 Å². The highest BCUT2D eigenvalue weighted by molar-refractivity contribution is 6.35. The molecule has 1 atom stereocenters. The van der Waals surface area contributed by atoms with E-state index in [0.717, 1.165) is 0 Å². The molecule has 0 aliphatic heterocycles. The second-order valence-corrected chi connectivity index (χ2v) is 7.32. The van der Waals surface area contributed by atoms with Gasteiger partial charge < -0.3 is 15.0 Å². The number of ether oxygens (including phenoxy) is 1. The first kappa shape index (κ1) is 22.3. The molecule has 1 N–H and O–H groups in total. The van der Waals surface area contributed by atoms with Gasteiger partial charge in [-0.1, -0.05) is 53.9 Å². The molecule has 28 heavy (non-hydrogen) atoms. The molecule has 0 aromatic heterocycles. The number of halogens is 3. The van der Waals surface area contributed by atoms with Crippen LogP contribution in [0.3, 0.4) is 0 Å². The summed E-state index contributed by atoms with van der Waals surface area (Å²) in [5.41, 5.74) is 0.685. The smallest absolute Gasteiger partial charge is 0.261 e. The van der Waals surface area contributed by atoms with Crippen molar-refractivity contribution in [3.05, 3.63) is 63.1 Å². The lowest BCUT2D eigenvalue weighted by molar-refractivity contribution is -0.142. The summed E-state index contributed by atoms with van der Waals surface area (Å²) in [7, 11) is 1.53. The SMILES string of the molecule is CC[C@H](C(=O)NC)N(Cc1ccc(Cl)cc1Cl)C(=O)COc1cccc(Cl)c1. The molecule has 8 heteroatoms. The molecule has 2 aromatic rings. The van der Waals surface area contributed by atoms with Crippen LogP contribution in [-0.4, -0.2) is 36.4 Å².